The largest absolute Gasteiger partial charge is 0.376 e. The number of hydrogen-bond donors (Lipinski definition) is 2. The van der Waals surface area contributed by atoms with Gasteiger partial charge in [0.15, 0.2) is 5.11 Å². The number of hydrogen-bond acceptors (Lipinski definition) is 3. The zero-order valence-corrected chi connectivity index (χ0v) is 12.0. The van der Waals surface area contributed by atoms with Gasteiger partial charge < -0.3 is 11.1 Å². The standard InChI is InChI=1S/C11H17N3O2S2/c1-3-14(4-2)18(15,16)10-7-5-9(6-8-10)13-11(12)17/h5-8H,3-4H2,1-2H3,(H3,12,13,17). The van der Waals surface area contributed by atoms with Crippen molar-refractivity contribution in [1.82, 2.24) is 4.31 Å². The highest BCUT2D eigenvalue weighted by Gasteiger charge is 2.20. The number of sulfonamides is 1. The van der Waals surface area contributed by atoms with Gasteiger partial charge in [0, 0.05) is 18.8 Å². The Hall–Kier alpha value is -1.18. The maximum atomic E-state index is 12.2. The lowest BCUT2D eigenvalue weighted by molar-refractivity contribution is 0.445. The SMILES string of the molecule is CCN(CC)S(=O)(=O)c1ccc(NC(N)=S)cc1. The van der Waals surface area contributed by atoms with Crippen LogP contribution in [0.15, 0.2) is 29.2 Å². The Kier molecular flexibility index (Phi) is 5.06. The van der Waals surface area contributed by atoms with Gasteiger partial charge in [-0.1, -0.05) is 13.8 Å². The summed E-state index contributed by atoms with van der Waals surface area (Å²) in [6.45, 7) is 4.52. The number of nitrogens with one attached hydrogen (secondary N) is 1. The molecule has 1 rings (SSSR count). The van der Waals surface area contributed by atoms with E-state index in [4.69, 9.17) is 18.0 Å². The Morgan fingerprint density at radius 3 is 2.17 bits per heavy atom. The second-order valence-electron chi connectivity index (χ2n) is 3.60. The third-order valence-electron chi connectivity index (χ3n) is 2.47. The van der Waals surface area contributed by atoms with Crippen LogP contribution in [0, 0.1) is 0 Å². The molecule has 0 saturated heterocycles. The van der Waals surface area contributed by atoms with Gasteiger partial charge in [-0.3, -0.25) is 0 Å². The molecule has 0 heterocycles. The van der Waals surface area contributed by atoms with Gasteiger partial charge in [0.05, 0.1) is 4.90 Å². The van der Waals surface area contributed by atoms with Crippen LogP contribution < -0.4 is 11.1 Å². The molecule has 100 valence electrons. The predicted molar refractivity (Wildman–Crippen MR) is 77.0 cm³/mol. The summed E-state index contributed by atoms with van der Waals surface area (Å²) in [5, 5.41) is 2.89. The van der Waals surface area contributed by atoms with Crippen molar-refractivity contribution in [1.29, 1.82) is 0 Å². The fourth-order valence-corrected chi connectivity index (χ4v) is 3.14. The minimum Gasteiger partial charge on any atom is -0.376 e. The first-order valence-electron chi connectivity index (χ1n) is 5.58. The molecule has 7 heteroatoms. The average molecular weight is 287 g/mol. The number of thiocarbonyl (C=S) groups is 1. The summed E-state index contributed by atoms with van der Waals surface area (Å²) in [6, 6.07) is 6.34. The Bertz CT molecular complexity index is 508. The first-order chi connectivity index (χ1) is 8.41. The molecule has 0 amide bonds. The number of rotatable bonds is 5. The molecular weight excluding hydrogens is 270 g/mol. The van der Waals surface area contributed by atoms with Gasteiger partial charge in [-0.05, 0) is 36.5 Å². The van der Waals surface area contributed by atoms with E-state index in [1.54, 1.807) is 12.1 Å². The Morgan fingerprint density at radius 2 is 1.78 bits per heavy atom. The first-order valence-corrected chi connectivity index (χ1v) is 7.43. The van der Waals surface area contributed by atoms with Crippen LogP contribution in [0.3, 0.4) is 0 Å². The van der Waals surface area contributed by atoms with Gasteiger partial charge in [-0.2, -0.15) is 4.31 Å². The molecule has 0 aliphatic heterocycles. The second-order valence-corrected chi connectivity index (χ2v) is 5.98. The molecule has 0 bridgehead atoms. The normalized spacial score (nSPS) is 11.5. The van der Waals surface area contributed by atoms with Gasteiger partial charge in [0.25, 0.3) is 0 Å². The van der Waals surface area contributed by atoms with E-state index in [-0.39, 0.29) is 10.0 Å². The average Bonchev–Trinajstić information content (AvgIpc) is 2.30. The van der Waals surface area contributed by atoms with Crippen LogP contribution in [0.1, 0.15) is 13.8 Å². The van der Waals surface area contributed by atoms with E-state index < -0.39 is 10.0 Å². The van der Waals surface area contributed by atoms with Gasteiger partial charge in [0.1, 0.15) is 0 Å². The van der Waals surface area contributed by atoms with E-state index in [1.807, 2.05) is 13.8 Å². The number of nitrogens with zero attached hydrogens (tertiary/aromatic N) is 1. The molecule has 0 atom stereocenters. The lowest BCUT2D eigenvalue weighted by Gasteiger charge is -2.18. The van der Waals surface area contributed by atoms with E-state index >= 15 is 0 Å². The molecule has 1 aromatic rings. The Balaban J connectivity index is 3.01. The molecule has 18 heavy (non-hydrogen) atoms. The van der Waals surface area contributed by atoms with Crippen LogP contribution in [0.4, 0.5) is 5.69 Å². The van der Waals surface area contributed by atoms with Crippen LogP contribution in [-0.4, -0.2) is 30.9 Å². The van der Waals surface area contributed by atoms with Gasteiger partial charge in [-0.15, -0.1) is 0 Å². The monoisotopic (exact) mass is 287 g/mol. The number of benzene rings is 1. The van der Waals surface area contributed by atoms with Crippen molar-refractivity contribution in [2.24, 2.45) is 5.73 Å². The molecule has 0 fully saturated rings. The lowest BCUT2D eigenvalue weighted by Crippen LogP contribution is -2.30. The second kappa shape index (κ2) is 6.12. The highest BCUT2D eigenvalue weighted by atomic mass is 32.2. The molecule has 1 aromatic carbocycles. The zero-order valence-electron chi connectivity index (χ0n) is 10.4. The molecular formula is C11H17N3O2S2. The summed E-state index contributed by atoms with van der Waals surface area (Å²) in [5.41, 5.74) is 6.00. The quantitative estimate of drug-likeness (QED) is 0.800. The predicted octanol–water partition coefficient (Wildman–Crippen LogP) is 1.37. The third-order valence-corrected chi connectivity index (χ3v) is 4.63. The smallest absolute Gasteiger partial charge is 0.243 e. The molecule has 0 aliphatic rings. The summed E-state index contributed by atoms with van der Waals surface area (Å²) >= 11 is 4.70. The van der Waals surface area contributed by atoms with Crippen molar-refractivity contribution < 1.29 is 8.42 Å². The molecule has 0 spiro atoms. The van der Waals surface area contributed by atoms with Gasteiger partial charge in [-0.25, -0.2) is 8.42 Å². The number of anilines is 1. The summed E-state index contributed by atoms with van der Waals surface area (Å²) in [5.74, 6) is 0. The maximum absolute atomic E-state index is 12.2. The molecule has 0 aromatic heterocycles. The summed E-state index contributed by atoms with van der Waals surface area (Å²) in [7, 11) is -3.40. The zero-order chi connectivity index (χ0) is 13.8. The summed E-state index contributed by atoms with van der Waals surface area (Å²) in [6.07, 6.45) is 0. The van der Waals surface area contributed by atoms with E-state index in [9.17, 15) is 8.42 Å². The molecule has 0 unspecified atom stereocenters. The number of nitrogens with two attached hydrogens (primary N) is 1. The van der Waals surface area contributed by atoms with Crippen LogP contribution >= 0.6 is 12.2 Å². The molecule has 0 saturated carbocycles. The van der Waals surface area contributed by atoms with Crippen LogP contribution in [0.2, 0.25) is 0 Å². The van der Waals surface area contributed by atoms with Crippen molar-refractivity contribution in [2.45, 2.75) is 18.7 Å². The van der Waals surface area contributed by atoms with E-state index in [1.165, 1.54) is 16.4 Å². The third kappa shape index (κ3) is 3.41. The summed E-state index contributed by atoms with van der Waals surface area (Å²) in [4.78, 5) is 0.264. The summed E-state index contributed by atoms with van der Waals surface area (Å²) < 4.78 is 25.8. The fraction of sp³-hybridized carbons (Fsp3) is 0.364. The van der Waals surface area contributed by atoms with E-state index in [0.717, 1.165) is 0 Å². The van der Waals surface area contributed by atoms with Crippen molar-refractivity contribution in [2.75, 3.05) is 18.4 Å². The van der Waals surface area contributed by atoms with Crippen LogP contribution in [0.5, 0.6) is 0 Å². The molecule has 0 aliphatic carbocycles. The molecule has 3 N–H and O–H groups in total. The molecule has 5 nitrogen and oxygen atoms in total. The van der Waals surface area contributed by atoms with Crippen molar-refractivity contribution >= 4 is 33.0 Å². The minimum atomic E-state index is -3.40. The highest BCUT2D eigenvalue weighted by molar-refractivity contribution is 7.89. The van der Waals surface area contributed by atoms with Crippen LogP contribution in [-0.2, 0) is 10.0 Å². The Morgan fingerprint density at radius 1 is 1.28 bits per heavy atom. The molecule has 0 radical (unpaired) electrons. The highest BCUT2D eigenvalue weighted by Crippen LogP contribution is 2.18. The van der Waals surface area contributed by atoms with Gasteiger partial charge >= 0.3 is 0 Å². The van der Waals surface area contributed by atoms with Crippen LogP contribution in [0.25, 0.3) is 0 Å². The maximum Gasteiger partial charge on any atom is 0.243 e. The Labute approximate surface area is 113 Å². The van der Waals surface area contributed by atoms with Gasteiger partial charge in [0.2, 0.25) is 10.0 Å². The van der Waals surface area contributed by atoms with E-state index in [0.29, 0.717) is 18.8 Å². The lowest BCUT2D eigenvalue weighted by atomic mass is 10.3. The topological polar surface area (TPSA) is 75.4 Å². The first kappa shape index (κ1) is 14.9. The van der Waals surface area contributed by atoms with Crippen molar-refractivity contribution in [3.8, 4) is 0 Å². The van der Waals surface area contributed by atoms with E-state index in [2.05, 4.69) is 5.32 Å². The van der Waals surface area contributed by atoms with Crippen molar-refractivity contribution in [3.63, 3.8) is 0 Å². The van der Waals surface area contributed by atoms with Crippen molar-refractivity contribution in [3.05, 3.63) is 24.3 Å². The fourth-order valence-electron chi connectivity index (χ4n) is 1.57. The minimum absolute atomic E-state index is 0.148.